The molecule has 0 aliphatic carbocycles. The number of carboxylic acid groups (broad SMARTS) is 1. The summed E-state index contributed by atoms with van der Waals surface area (Å²) in [4.78, 5) is 13.0. The summed E-state index contributed by atoms with van der Waals surface area (Å²) in [6.45, 7) is 11.2. The maximum atomic E-state index is 13.0. The summed E-state index contributed by atoms with van der Waals surface area (Å²) in [5.41, 5.74) is -0.538. The zero-order valence-corrected chi connectivity index (χ0v) is 21.5. The van der Waals surface area contributed by atoms with E-state index in [0.717, 1.165) is 57.8 Å². The average Bonchev–Trinajstić information content (AvgIpc) is 2.74. The third-order valence-corrected chi connectivity index (χ3v) is 7.62. The number of hydrogen-bond donors (Lipinski definition) is 1. The second-order valence-corrected chi connectivity index (χ2v) is 9.95. The molecule has 0 fully saturated rings. The quantitative estimate of drug-likeness (QED) is 0.175. The Labute approximate surface area is 190 Å². The van der Waals surface area contributed by atoms with Gasteiger partial charge in [-0.1, -0.05) is 131 Å². The molecule has 0 saturated carbocycles. The van der Waals surface area contributed by atoms with Gasteiger partial charge in [-0.3, -0.25) is 4.79 Å². The Bertz CT molecular complexity index is 385. The first-order valence-electron chi connectivity index (χ1n) is 13.7. The lowest BCUT2D eigenvalue weighted by molar-refractivity contribution is -0.164. The molecule has 0 bridgehead atoms. The lowest BCUT2D eigenvalue weighted by Crippen LogP contribution is -2.48. The van der Waals surface area contributed by atoms with Crippen molar-refractivity contribution in [3.8, 4) is 0 Å². The van der Waals surface area contributed by atoms with Crippen molar-refractivity contribution in [1.82, 2.24) is 0 Å². The van der Waals surface area contributed by atoms with E-state index in [4.69, 9.17) is 0 Å². The van der Waals surface area contributed by atoms with Gasteiger partial charge in [0.05, 0.1) is 5.41 Å². The Kier molecular flexibility index (Phi) is 17.8. The minimum Gasteiger partial charge on any atom is -0.481 e. The molecule has 0 heterocycles. The van der Waals surface area contributed by atoms with Crippen molar-refractivity contribution in [1.29, 1.82) is 0 Å². The molecule has 0 aromatic heterocycles. The molecule has 0 radical (unpaired) electrons. The molecule has 0 rings (SSSR count). The van der Waals surface area contributed by atoms with Gasteiger partial charge in [-0.05, 0) is 37.5 Å². The second-order valence-electron chi connectivity index (χ2n) is 9.95. The highest BCUT2D eigenvalue weighted by Gasteiger charge is 2.53. The fourth-order valence-corrected chi connectivity index (χ4v) is 5.60. The van der Waals surface area contributed by atoms with E-state index in [0.29, 0.717) is 0 Å². The second kappa shape index (κ2) is 18.1. The molecular weight excluding hydrogens is 368 g/mol. The van der Waals surface area contributed by atoms with Gasteiger partial charge in [-0.15, -0.1) is 0 Å². The molecule has 0 aromatic rings. The normalized spacial score (nSPS) is 12.4. The van der Waals surface area contributed by atoms with Crippen molar-refractivity contribution >= 4 is 5.97 Å². The van der Waals surface area contributed by atoms with Gasteiger partial charge in [-0.25, -0.2) is 0 Å². The molecule has 2 nitrogen and oxygen atoms in total. The summed E-state index contributed by atoms with van der Waals surface area (Å²) in [5, 5.41) is 10.7. The molecule has 0 aromatic carbocycles. The predicted molar refractivity (Wildman–Crippen MR) is 133 cm³/mol. The Morgan fingerprint density at radius 3 is 1.23 bits per heavy atom. The summed E-state index contributed by atoms with van der Waals surface area (Å²) in [5.74, 6) is -0.487. The Balaban J connectivity index is 5.71. The summed E-state index contributed by atoms with van der Waals surface area (Å²) >= 11 is 0. The molecule has 0 amide bonds. The SMILES string of the molecule is CCCCCCCCCC(CCCC)(CCCC)C(CCCC)(CCCC)C(=O)O. The number of unbranched alkanes of at least 4 members (excludes halogenated alkanes) is 10. The summed E-state index contributed by atoms with van der Waals surface area (Å²) in [6.07, 6.45) is 23.2. The van der Waals surface area contributed by atoms with Gasteiger partial charge in [-0.2, -0.15) is 0 Å². The van der Waals surface area contributed by atoms with Crippen LogP contribution in [0.25, 0.3) is 0 Å². The van der Waals surface area contributed by atoms with Gasteiger partial charge >= 0.3 is 5.97 Å². The first kappa shape index (κ1) is 29.5. The van der Waals surface area contributed by atoms with Crippen LogP contribution in [-0.4, -0.2) is 11.1 Å². The lowest BCUT2D eigenvalue weighted by Gasteiger charge is -2.50. The average molecular weight is 425 g/mol. The summed E-state index contributed by atoms with van der Waals surface area (Å²) in [7, 11) is 0. The van der Waals surface area contributed by atoms with Gasteiger partial charge in [0.15, 0.2) is 0 Å². The molecule has 0 saturated heterocycles. The monoisotopic (exact) mass is 424 g/mol. The number of carboxylic acids is 1. The third-order valence-electron chi connectivity index (χ3n) is 7.62. The molecular formula is C28H56O2. The third kappa shape index (κ3) is 9.73. The van der Waals surface area contributed by atoms with Crippen LogP contribution < -0.4 is 0 Å². The zero-order chi connectivity index (χ0) is 22.7. The van der Waals surface area contributed by atoms with Gasteiger partial charge in [0.1, 0.15) is 0 Å². The van der Waals surface area contributed by atoms with Crippen LogP contribution in [0.15, 0.2) is 0 Å². The van der Waals surface area contributed by atoms with Gasteiger partial charge in [0.25, 0.3) is 0 Å². The van der Waals surface area contributed by atoms with Crippen molar-refractivity contribution in [3.63, 3.8) is 0 Å². The van der Waals surface area contributed by atoms with Crippen LogP contribution >= 0.6 is 0 Å². The lowest BCUT2D eigenvalue weighted by atomic mass is 9.53. The highest BCUT2D eigenvalue weighted by atomic mass is 16.4. The molecule has 0 aliphatic heterocycles. The van der Waals surface area contributed by atoms with Crippen LogP contribution in [0, 0.1) is 10.8 Å². The van der Waals surface area contributed by atoms with E-state index in [1.807, 2.05) is 0 Å². The van der Waals surface area contributed by atoms with Gasteiger partial charge in [0, 0.05) is 0 Å². The van der Waals surface area contributed by atoms with E-state index >= 15 is 0 Å². The van der Waals surface area contributed by atoms with E-state index in [9.17, 15) is 9.90 Å². The fourth-order valence-electron chi connectivity index (χ4n) is 5.60. The maximum absolute atomic E-state index is 13.0. The topological polar surface area (TPSA) is 37.3 Å². The van der Waals surface area contributed by atoms with Crippen molar-refractivity contribution in [2.24, 2.45) is 10.8 Å². The predicted octanol–water partition coefficient (Wildman–Crippen LogP) is 9.95. The molecule has 1 N–H and O–H groups in total. The number of carbonyl (C=O) groups is 1. The van der Waals surface area contributed by atoms with E-state index < -0.39 is 11.4 Å². The summed E-state index contributed by atoms with van der Waals surface area (Å²) in [6, 6.07) is 0. The first-order chi connectivity index (χ1) is 14.5. The van der Waals surface area contributed by atoms with Gasteiger partial charge < -0.3 is 5.11 Å². The van der Waals surface area contributed by atoms with Gasteiger partial charge in [0.2, 0.25) is 0 Å². The zero-order valence-electron chi connectivity index (χ0n) is 21.5. The fraction of sp³-hybridized carbons (Fsp3) is 0.964. The van der Waals surface area contributed by atoms with Crippen LogP contribution in [0.1, 0.15) is 163 Å². The van der Waals surface area contributed by atoms with E-state index in [-0.39, 0.29) is 5.41 Å². The highest BCUT2D eigenvalue weighted by Crippen LogP contribution is 2.56. The van der Waals surface area contributed by atoms with E-state index in [1.165, 1.54) is 70.6 Å². The number of rotatable bonds is 22. The standard InChI is InChI=1S/C28H56O2/c1-6-11-16-17-18-19-20-23-27(21-12-7-2,22-13-8-3)28(26(29)30,24-14-9-4)25-15-10-5/h6-25H2,1-5H3,(H,29,30). The highest BCUT2D eigenvalue weighted by molar-refractivity contribution is 5.76. The Morgan fingerprint density at radius 2 is 0.833 bits per heavy atom. The number of hydrogen-bond acceptors (Lipinski definition) is 1. The van der Waals surface area contributed by atoms with E-state index in [1.54, 1.807) is 0 Å². The molecule has 0 atom stereocenters. The molecule has 0 spiro atoms. The molecule has 2 heteroatoms. The number of aliphatic carboxylic acids is 1. The summed E-state index contributed by atoms with van der Waals surface area (Å²) < 4.78 is 0. The minimum absolute atomic E-state index is 0.0153. The van der Waals surface area contributed by atoms with Crippen molar-refractivity contribution in [2.75, 3.05) is 0 Å². The van der Waals surface area contributed by atoms with Crippen LogP contribution in [0.2, 0.25) is 0 Å². The Hall–Kier alpha value is -0.530. The van der Waals surface area contributed by atoms with E-state index in [2.05, 4.69) is 34.6 Å². The largest absolute Gasteiger partial charge is 0.481 e. The van der Waals surface area contributed by atoms with Crippen molar-refractivity contribution in [2.45, 2.75) is 163 Å². The first-order valence-corrected chi connectivity index (χ1v) is 13.7. The van der Waals surface area contributed by atoms with Crippen LogP contribution in [-0.2, 0) is 4.79 Å². The molecule has 0 unspecified atom stereocenters. The van der Waals surface area contributed by atoms with Crippen molar-refractivity contribution < 1.29 is 9.90 Å². The Morgan fingerprint density at radius 1 is 0.500 bits per heavy atom. The molecule has 30 heavy (non-hydrogen) atoms. The maximum Gasteiger partial charge on any atom is 0.310 e. The molecule has 180 valence electrons. The minimum atomic E-state index is -0.522. The van der Waals surface area contributed by atoms with Crippen molar-refractivity contribution in [3.05, 3.63) is 0 Å². The molecule has 0 aliphatic rings. The van der Waals surface area contributed by atoms with Crippen LogP contribution in [0.5, 0.6) is 0 Å². The smallest absolute Gasteiger partial charge is 0.310 e. The van der Waals surface area contributed by atoms with Crippen LogP contribution in [0.4, 0.5) is 0 Å². The van der Waals surface area contributed by atoms with Crippen LogP contribution in [0.3, 0.4) is 0 Å².